The number of aliphatic carboxylic acids is 1. The number of fused-ring (bicyclic) bond motifs is 1. The number of hydrogen-bond donors (Lipinski definition) is 1. The topological polar surface area (TPSA) is 66.8 Å². The zero-order valence-electron chi connectivity index (χ0n) is 11.7. The molecule has 0 aliphatic carbocycles. The molecular weight excluding hydrogens is 290 g/mol. The summed E-state index contributed by atoms with van der Waals surface area (Å²) in [5, 5.41) is 8.65. The van der Waals surface area contributed by atoms with E-state index >= 15 is 0 Å². The summed E-state index contributed by atoms with van der Waals surface area (Å²) >= 11 is 1.71. The van der Waals surface area contributed by atoms with Gasteiger partial charge in [0.2, 0.25) is 5.91 Å². The molecular formula is C15H17NO4S. The molecule has 1 saturated heterocycles. The summed E-state index contributed by atoms with van der Waals surface area (Å²) in [7, 11) is 0. The van der Waals surface area contributed by atoms with Crippen molar-refractivity contribution in [1.29, 1.82) is 0 Å². The average molecular weight is 307 g/mol. The molecule has 1 N–H and O–H groups in total. The van der Waals surface area contributed by atoms with Crippen LogP contribution in [0.3, 0.4) is 0 Å². The molecule has 1 atom stereocenters. The van der Waals surface area contributed by atoms with Crippen molar-refractivity contribution in [3.63, 3.8) is 0 Å². The van der Waals surface area contributed by atoms with Gasteiger partial charge in [-0.25, -0.2) is 4.79 Å². The van der Waals surface area contributed by atoms with Gasteiger partial charge in [0.05, 0.1) is 19.0 Å². The Morgan fingerprint density at radius 1 is 1.43 bits per heavy atom. The number of amides is 1. The number of hydrogen-bond acceptors (Lipinski definition) is 4. The van der Waals surface area contributed by atoms with Gasteiger partial charge >= 0.3 is 5.97 Å². The molecule has 5 nitrogen and oxygen atoms in total. The van der Waals surface area contributed by atoms with Gasteiger partial charge in [0, 0.05) is 10.6 Å². The first-order valence-corrected chi connectivity index (χ1v) is 7.83. The highest BCUT2D eigenvalue weighted by Crippen LogP contribution is 2.41. The molecule has 2 aliphatic rings. The van der Waals surface area contributed by atoms with Crippen LogP contribution in [0, 0.1) is 0 Å². The van der Waals surface area contributed by atoms with Crippen molar-refractivity contribution in [2.75, 3.05) is 25.4 Å². The summed E-state index contributed by atoms with van der Waals surface area (Å²) in [6, 6.07) is 8.00. The molecule has 1 fully saturated rings. The highest BCUT2D eigenvalue weighted by molar-refractivity contribution is 7.99. The molecule has 2 heterocycles. The molecule has 6 heteroatoms. The standard InChI is InChI=1S/C15H17NO4S/c1-15(20-6-13(17)18)8-16(9-15)14(19)11-7-21-12-5-3-2-4-10(11)12/h2-5,11H,6-9H2,1H3,(H,17,18). The zero-order chi connectivity index (χ0) is 15.0. The van der Waals surface area contributed by atoms with Crippen LogP contribution in [0.4, 0.5) is 0 Å². The molecule has 0 radical (unpaired) electrons. The number of carboxylic acids is 1. The Bertz CT molecular complexity index is 583. The maximum absolute atomic E-state index is 12.6. The van der Waals surface area contributed by atoms with E-state index in [0.29, 0.717) is 13.1 Å². The number of carbonyl (C=O) groups excluding carboxylic acids is 1. The highest BCUT2D eigenvalue weighted by atomic mass is 32.2. The number of carbonyl (C=O) groups is 2. The Morgan fingerprint density at radius 2 is 2.14 bits per heavy atom. The minimum Gasteiger partial charge on any atom is -0.480 e. The van der Waals surface area contributed by atoms with E-state index < -0.39 is 11.6 Å². The first-order chi connectivity index (χ1) is 9.98. The minimum absolute atomic E-state index is 0.0878. The molecule has 0 aromatic heterocycles. The van der Waals surface area contributed by atoms with Gasteiger partial charge in [-0.15, -0.1) is 11.8 Å². The lowest BCUT2D eigenvalue weighted by molar-refractivity contribution is -0.173. The van der Waals surface area contributed by atoms with Gasteiger partial charge in [-0.05, 0) is 18.6 Å². The SMILES string of the molecule is CC1(OCC(=O)O)CN(C(=O)C2CSc3ccccc32)C1. The van der Waals surface area contributed by atoms with Crippen molar-refractivity contribution in [3.8, 4) is 0 Å². The van der Waals surface area contributed by atoms with Crippen LogP contribution in [-0.4, -0.2) is 52.9 Å². The first kappa shape index (κ1) is 14.4. The van der Waals surface area contributed by atoms with E-state index in [9.17, 15) is 9.59 Å². The number of thioether (sulfide) groups is 1. The van der Waals surface area contributed by atoms with E-state index in [1.165, 1.54) is 4.90 Å². The summed E-state index contributed by atoms with van der Waals surface area (Å²) in [4.78, 5) is 26.0. The Balaban J connectivity index is 1.61. The van der Waals surface area contributed by atoms with Crippen molar-refractivity contribution in [3.05, 3.63) is 29.8 Å². The molecule has 1 amide bonds. The third-order valence-electron chi connectivity index (χ3n) is 3.90. The summed E-state index contributed by atoms with van der Waals surface area (Å²) in [5.41, 5.74) is 0.576. The second-order valence-electron chi connectivity index (χ2n) is 5.73. The lowest BCUT2D eigenvalue weighted by Crippen LogP contribution is -2.64. The maximum Gasteiger partial charge on any atom is 0.329 e. The second kappa shape index (κ2) is 5.35. The van der Waals surface area contributed by atoms with Crippen LogP contribution < -0.4 is 0 Å². The minimum atomic E-state index is -0.984. The number of likely N-dealkylation sites (tertiary alicyclic amines) is 1. The largest absolute Gasteiger partial charge is 0.480 e. The molecule has 2 aliphatic heterocycles. The number of benzene rings is 1. The van der Waals surface area contributed by atoms with E-state index in [1.54, 1.807) is 16.7 Å². The van der Waals surface area contributed by atoms with Crippen LogP contribution in [0.2, 0.25) is 0 Å². The summed E-state index contributed by atoms with van der Waals surface area (Å²) in [6.07, 6.45) is 0. The number of ether oxygens (including phenoxy) is 1. The third kappa shape index (κ3) is 2.78. The molecule has 21 heavy (non-hydrogen) atoms. The molecule has 0 bridgehead atoms. The fraction of sp³-hybridized carbons (Fsp3) is 0.467. The predicted molar refractivity (Wildman–Crippen MR) is 78.5 cm³/mol. The molecule has 1 unspecified atom stereocenters. The smallest absolute Gasteiger partial charge is 0.329 e. The molecule has 1 aromatic carbocycles. The third-order valence-corrected chi connectivity index (χ3v) is 5.09. The van der Waals surface area contributed by atoms with E-state index in [2.05, 4.69) is 0 Å². The molecule has 0 saturated carbocycles. The summed E-state index contributed by atoms with van der Waals surface area (Å²) in [5.74, 6) is -0.178. The van der Waals surface area contributed by atoms with Gasteiger partial charge in [0.15, 0.2) is 0 Å². The van der Waals surface area contributed by atoms with Crippen LogP contribution in [0.5, 0.6) is 0 Å². The lowest BCUT2D eigenvalue weighted by Gasteiger charge is -2.48. The normalized spacial score (nSPS) is 22.5. The van der Waals surface area contributed by atoms with E-state index in [4.69, 9.17) is 9.84 Å². The first-order valence-electron chi connectivity index (χ1n) is 6.85. The van der Waals surface area contributed by atoms with Crippen LogP contribution in [0.25, 0.3) is 0 Å². The number of rotatable bonds is 4. The number of carboxylic acid groups (broad SMARTS) is 1. The highest BCUT2D eigenvalue weighted by Gasteiger charge is 2.45. The van der Waals surface area contributed by atoms with Gasteiger partial charge in [0.1, 0.15) is 12.2 Å². The van der Waals surface area contributed by atoms with Crippen LogP contribution in [0.1, 0.15) is 18.4 Å². The molecule has 3 rings (SSSR count). The molecule has 112 valence electrons. The van der Waals surface area contributed by atoms with Crippen LogP contribution in [-0.2, 0) is 14.3 Å². The summed E-state index contributed by atoms with van der Waals surface area (Å²) < 4.78 is 5.34. The Labute approximate surface area is 127 Å². The Hall–Kier alpha value is -1.53. The van der Waals surface area contributed by atoms with E-state index in [-0.39, 0.29) is 18.4 Å². The maximum atomic E-state index is 12.6. The second-order valence-corrected chi connectivity index (χ2v) is 6.79. The van der Waals surface area contributed by atoms with Crippen molar-refractivity contribution in [2.24, 2.45) is 0 Å². The number of nitrogens with zero attached hydrogens (tertiary/aromatic N) is 1. The van der Waals surface area contributed by atoms with Crippen molar-refractivity contribution in [2.45, 2.75) is 23.3 Å². The fourth-order valence-electron chi connectivity index (χ4n) is 2.83. The quantitative estimate of drug-likeness (QED) is 0.915. The molecule has 1 aromatic rings. The van der Waals surface area contributed by atoms with Gasteiger partial charge < -0.3 is 14.7 Å². The van der Waals surface area contributed by atoms with Crippen molar-refractivity contribution >= 4 is 23.6 Å². The zero-order valence-corrected chi connectivity index (χ0v) is 12.6. The van der Waals surface area contributed by atoms with Crippen LogP contribution >= 0.6 is 11.8 Å². The monoisotopic (exact) mass is 307 g/mol. The van der Waals surface area contributed by atoms with Crippen LogP contribution in [0.15, 0.2) is 29.2 Å². The summed E-state index contributed by atoms with van der Waals surface area (Å²) in [6.45, 7) is 2.45. The van der Waals surface area contributed by atoms with Crippen molar-refractivity contribution < 1.29 is 19.4 Å². The van der Waals surface area contributed by atoms with Gasteiger partial charge in [-0.2, -0.15) is 0 Å². The van der Waals surface area contributed by atoms with E-state index in [1.807, 2.05) is 31.2 Å². The van der Waals surface area contributed by atoms with E-state index in [0.717, 1.165) is 11.3 Å². The van der Waals surface area contributed by atoms with Crippen molar-refractivity contribution in [1.82, 2.24) is 4.90 Å². The Kier molecular flexibility index (Phi) is 3.67. The van der Waals surface area contributed by atoms with Gasteiger partial charge in [-0.1, -0.05) is 18.2 Å². The fourth-order valence-corrected chi connectivity index (χ4v) is 4.05. The van der Waals surface area contributed by atoms with Gasteiger partial charge in [0.25, 0.3) is 0 Å². The Morgan fingerprint density at radius 3 is 2.86 bits per heavy atom. The van der Waals surface area contributed by atoms with Gasteiger partial charge in [-0.3, -0.25) is 4.79 Å². The lowest BCUT2D eigenvalue weighted by atomic mass is 9.92. The predicted octanol–water partition coefficient (Wildman–Crippen LogP) is 1.58. The average Bonchev–Trinajstić information content (AvgIpc) is 2.85. The molecule has 0 spiro atoms.